The Labute approximate surface area is 96.9 Å². The van der Waals surface area contributed by atoms with Crippen LogP contribution in [0, 0.1) is 12.8 Å². The van der Waals surface area contributed by atoms with E-state index >= 15 is 0 Å². The van der Waals surface area contributed by atoms with E-state index in [0.29, 0.717) is 5.92 Å². The molecule has 3 N–H and O–H groups in total. The van der Waals surface area contributed by atoms with Gasteiger partial charge >= 0.3 is 0 Å². The highest BCUT2D eigenvalue weighted by Gasteiger charge is 2.28. The second kappa shape index (κ2) is 4.34. The van der Waals surface area contributed by atoms with Crippen LogP contribution in [0.5, 0.6) is 0 Å². The van der Waals surface area contributed by atoms with Crippen molar-refractivity contribution in [2.45, 2.75) is 25.9 Å². The zero-order chi connectivity index (χ0) is 11.7. The van der Waals surface area contributed by atoms with Gasteiger partial charge < -0.3 is 15.7 Å². The number of aryl methyl sites for hydroxylation is 1. The smallest absolute Gasteiger partial charge is 0.0546 e. The summed E-state index contributed by atoms with van der Waals surface area (Å²) < 4.78 is 0. The van der Waals surface area contributed by atoms with Crippen LogP contribution in [0.1, 0.15) is 18.4 Å². The maximum absolute atomic E-state index is 9.26. The largest absolute Gasteiger partial charge is 0.399 e. The van der Waals surface area contributed by atoms with Crippen molar-refractivity contribution in [1.82, 2.24) is 0 Å². The Morgan fingerprint density at radius 3 is 2.75 bits per heavy atom. The molecule has 16 heavy (non-hydrogen) atoms. The summed E-state index contributed by atoms with van der Waals surface area (Å²) in [5.41, 5.74) is 9.05. The summed E-state index contributed by atoms with van der Waals surface area (Å²) in [5, 5.41) is 9.26. The molecule has 0 aromatic heterocycles. The van der Waals surface area contributed by atoms with Crippen LogP contribution in [-0.2, 0) is 0 Å². The molecule has 0 unspecified atom stereocenters. The summed E-state index contributed by atoms with van der Waals surface area (Å²) in [6.07, 6.45) is 1.80. The van der Waals surface area contributed by atoms with Crippen molar-refractivity contribution in [1.29, 1.82) is 0 Å². The van der Waals surface area contributed by atoms with Crippen LogP contribution < -0.4 is 10.6 Å². The zero-order valence-corrected chi connectivity index (χ0v) is 9.98. The molecule has 1 aliphatic carbocycles. The molecule has 0 aliphatic heterocycles. The highest BCUT2D eigenvalue weighted by molar-refractivity contribution is 5.60. The van der Waals surface area contributed by atoms with E-state index in [0.717, 1.165) is 25.1 Å². The molecule has 3 heteroatoms. The van der Waals surface area contributed by atoms with Crippen molar-refractivity contribution < 1.29 is 5.11 Å². The first-order valence-electron chi connectivity index (χ1n) is 5.81. The second-order valence-electron chi connectivity index (χ2n) is 4.92. The summed E-state index contributed by atoms with van der Waals surface area (Å²) in [7, 11) is 2.09. The number of benzene rings is 1. The minimum absolute atomic E-state index is 0.0691. The van der Waals surface area contributed by atoms with Crippen LogP contribution in [0.4, 0.5) is 11.4 Å². The summed E-state index contributed by atoms with van der Waals surface area (Å²) in [4.78, 5) is 2.24. The third kappa shape index (κ3) is 2.30. The average molecular weight is 220 g/mol. The molecular formula is C13H20N2O. The van der Waals surface area contributed by atoms with E-state index in [1.807, 2.05) is 12.1 Å². The maximum Gasteiger partial charge on any atom is 0.0546 e. The lowest BCUT2D eigenvalue weighted by Crippen LogP contribution is -2.37. The molecule has 0 radical (unpaired) electrons. The molecular weight excluding hydrogens is 200 g/mol. The Morgan fingerprint density at radius 1 is 1.44 bits per heavy atom. The maximum atomic E-state index is 9.26. The van der Waals surface area contributed by atoms with Crippen molar-refractivity contribution in [2.75, 3.05) is 24.2 Å². The summed E-state index contributed by atoms with van der Waals surface area (Å²) in [5.74, 6) is 0.626. The topological polar surface area (TPSA) is 49.5 Å². The van der Waals surface area contributed by atoms with Crippen molar-refractivity contribution in [3.63, 3.8) is 0 Å². The van der Waals surface area contributed by atoms with E-state index in [1.54, 1.807) is 0 Å². The highest BCUT2D eigenvalue weighted by atomic mass is 16.3. The molecule has 3 nitrogen and oxygen atoms in total. The highest BCUT2D eigenvalue weighted by Crippen LogP contribution is 2.30. The molecule has 0 bridgehead atoms. The lowest BCUT2D eigenvalue weighted by molar-refractivity contribution is 0.0465. The lowest BCUT2D eigenvalue weighted by Gasteiger charge is -2.35. The minimum atomic E-state index is -0.0691. The Hall–Kier alpha value is -1.22. The summed E-state index contributed by atoms with van der Waals surface area (Å²) in [6.45, 7) is 3.10. The number of aliphatic hydroxyl groups is 1. The van der Waals surface area contributed by atoms with Gasteiger partial charge in [0.25, 0.3) is 0 Å². The van der Waals surface area contributed by atoms with Gasteiger partial charge in [0.1, 0.15) is 0 Å². The Morgan fingerprint density at radius 2 is 2.12 bits per heavy atom. The van der Waals surface area contributed by atoms with E-state index in [2.05, 4.69) is 24.9 Å². The lowest BCUT2D eigenvalue weighted by atomic mass is 9.82. The molecule has 1 saturated carbocycles. The van der Waals surface area contributed by atoms with Gasteiger partial charge in [-0.05, 0) is 43.4 Å². The molecule has 0 atom stereocenters. The van der Waals surface area contributed by atoms with Crippen LogP contribution >= 0.6 is 0 Å². The normalized spacial score (nSPS) is 23.9. The molecule has 0 saturated heterocycles. The van der Waals surface area contributed by atoms with Gasteiger partial charge in [0.05, 0.1) is 6.10 Å². The average Bonchev–Trinajstić information content (AvgIpc) is 2.19. The van der Waals surface area contributed by atoms with Crippen LogP contribution in [0.15, 0.2) is 18.2 Å². The molecule has 0 amide bonds. The van der Waals surface area contributed by atoms with Crippen molar-refractivity contribution in [3.05, 3.63) is 23.8 Å². The minimum Gasteiger partial charge on any atom is -0.399 e. The summed E-state index contributed by atoms with van der Waals surface area (Å²) >= 11 is 0. The van der Waals surface area contributed by atoms with Gasteiger partial charge in [0, 0.05) is 25.0 Å². The fourth-order valence-electron chi connectivity index (χ4n) is 2.37. The van der Waals surface area contributed by atoms with Crippen LogP contribution in [0.3, 0.4) is 0 Å². The van der Waals surface area contributed by atoms with Gasteiger partial charge in [-0.3, -0.25) is 0 Å². The van der Waals surface area contributed by atoms with Gasteiger partial charge in [0.2, 0.25) is 0 Å². The number of hydrogen-bond acceptors (Lipinski definition) is 3. The number of nitrogens with zero attached hydrogens (tertiary/aromatic N) is 1. The first-order valence-corrected chi connectivity index (χ1v) is 5.81. The van der Waals surface area contributed by atoms with Crippen LogP contribution in [0.2, 0.25) is 0 Å². The van der Waals surface area contributed by atoms with Crippen molar-refractivity contribution in [3.8, 4) is 0 Å². The predicted molar refractivity (Wildman–Crippen MR) is 67.6 cm³/mol. The van der Waals surface area contributed by atoms with Gasteiger partial charge in [-0.15, -0.1) is 0 Å². The Balaban J connectivity index is 2.02. The number of nitrogens with two attached hydrogens (primary N) is 1. The third-order valence-electron chi connectivity index (χ3n) is 3.39. The van der Waals surface area contributed by atoms with Gasteiger partial charge in [-0.2, -0.15) is 0 Å². The second-order valence-corrected chi connectivity index (χ2v) is 4.92. The van der Waals surface area contributed by atoms with Gasteiger partial charge in [-0.1, -0.05) is 6.07 Å². The quantitative estimate of drug-likeness (QED) is 0.763. The fraction of sp³-hybridized carbons (Fsp3) is 0.538. The van der Waals surface area contributed by atoms with Crippen LogP contribution in [-0.4, -0.2) is 24.8 Å². The third-order valence-corrected chi connectivity index (χ3v) is 3.39. The molecule has 1 aromatic rings. The molecule has 1 aromatic carbocycles. The van der Waals surface area contributed by atoms with E-state index in [1.165, 1.54) is 11.3 Å². The standard InChI is InChI=1S/C13H20N2O/c1-9-3-4-11(14)7-13(9)15(2)8-10-5-12(16)6-10/h3-4,7,10,12,16H,5-6,8,14H2,1-2H3. The first-order chi connectivity index (χ1) is 7.56. The fourth-order valence-corrected chi connectivity index (χ4v) is 2.37. The SMILES string of the molecule is Cc1ccc(N)cc1N(C)CC1CC(O)C1. The number of aliphatic hydroxyl groups excluding tert-OH is 1. The zero-order valence-electron chi connectivity index (χ0n) is 9.98. The van der Waals surface area contributed by atoms with Gasteiger partial charge in [-0.25, -0.2) is 0 Å². The summed E-state index contributed by atoms with van der Waals surface area (Å²) in [6, 6.07) is 6.00. The number of nitrogen functional groups attached to an aromatic ring is 1. The molecule has 2 rings (SSSR count). The van der Waals surface area contributed by atoms with Crippen molar-refractivity contribution >= 4 is 11.4 Å². The number of hydrogen-bond donors (Lipinski definition) is 2. The van der Waals surface area contributed by atoms with Gasteiger partial charge in [0.15, 0.2) is 0 Å². The number of rotatable bonds is 3. The first kappa shape index (κ1) is 11.3. The molecule has 0 spiro atoms. The van der Waals surface area contributed by atoms with E-state index < -0.39 is 0 Å². The Bertz CT molecular complexity index is 372. The molecule has 1 fully saturated rings. The molecule has 1 aliphatic rings. The van der Waals surface area contributed by atoms with E-state index in [9.17, 15) is 5.11 Å². The molecule has 0 heterocycles. The van der Waals surface area contributed by atoms with E-state index in [4.69, 9.17) is 5.73 Å². The van der Waals surface area contributed by atoms with Crippen molar-refractivity contribution in [2.24, 2.45) is 5.92 Å². The predicted octanol–water partition coefficient (Wildman–Crippen LogP) is 1.78. The van der Waals surface area contributed by atoms with E-state index in [-0.39, 0.29) is 6.10 Å². The number of anilines is 2. The monoisotopic (exact) mass is 220 g/mol. The molecule has 88 valence electrons. The Kier molecular flexibility index (Phi) is 3.06. The van der Waals surface area contributed by atoms with Crippen LogP contribution in [0.25, 0.3) is 0 Å².